The molecule has 0 aliphatic carbocycles. The number of hydrogen-bond donors (Lipinski definition) is 1. The fourth-order valence-electron chi connectivity index (χ4n) is 6.72. The van der Waals surface area contributed by atoms with Gasteiger partial charge in [0.15, 0.2) is 5.78 Å². The van der Waals surface area contributed by atoms with Crippen molar-refractivity contribution in [3.05, 3.63) is 102 Å². The van der Waals surface area contributed by atoms with Crippen molar-refractivity contribution in [1.29, 1.82) is 0 Å². The number of aliphatic hydroxyl groups excluding tert-OH is 1. The zero-order valence-corrected chi connectivity index (χ0v) is 30.4. The molecule has 1 aliphatic rings. The Balaban J connectivity index is 0.000000234. The van der Waals surface area contributed by atoms with Crippen molar-refractivity contribution in [3.8, 4) is 22.8 Å². The third-order valence-corrected chi connectivity index (χ3v) is 9.73. The number of rotatable bonds is 7. The Morgan fingerprint density at radius 1 is 0.787 bits per heavy atom. The van der Waals surface area contributed by atoms with E-state index in [-0.39, 0.29) is 43.5 Å². The van der Waals surface area contributed by atoms with Gasteiger partial charge < -0.3 is 9.84 Å². The summed E-state index contributed by atoms with van der Waals surface area (Å²) in [5.74, 6) is 2.23. The fraction of sp³-hybridized carbons (Fsp3) is 0.286. The van der Waals surface area contributed by atoms with Gasteiger partial charge in [-0.1, -0.05) is 87.2 Å². The molecule has 1 aliphatic heterocycles. The number of aromatic nitrogens is 1. The first-order chi connectivity index (χ1) is 22.3. The number of aliphatic hydroxyl groups is 1. The summed E-state index contributed by atoms with van der Waals surface area (Å²) >= 11 is 0. The van der Waals surface area contributed by atoms with Crippen molar-refractivity contribution in [1.82, 2.24) is 4.98 Å². The normalized spacial score (nSPS) is 12.2. The quantitative estimate of drug-likeness (QED) is 0.0755. The molecule has 0 amide bonds. The minimum absolute atomic E-state index is 0. The van der Waals surface area contributed by atoms with Crippen molar-refractivity contribution in [2.45, 2.75) is 67.2 Å². The van der Waals surface area contributed by atoms with Gasteiger partial charge in [0.25, 0.3) is 0 Å². The van der Waals surface area contributed by atoms with Gasteiger partial charge in [-0.15, -0.1) is 17.5 Å². The monoisotopic (exact) mass is 801 g/mol. The molecular formula is C42H42IrNO3-. The summed E-state index contributed by atoms with van der Waals surface area (Å²) in [7, 11) is 0. The van der Waals surface area contributed by atoms with E-state index in [1.165, 1.54) is 44.1 Å². The number of ketones is 1. The Labute approximate surface area is 291 Å². The third-order valence-electron chi connectivity index (χ3n) is 9.73. The van der Waals surface area contributed by atoms with E-state index in [1.807, 2.05) is 46.0 Å². The van der Waals surface area contributed by atoms with Crippen LogP contribution in [-0.4, -0.2) is 15.9 Å². The van der Waals surface area contributed by atoms with Crippen LogP contribution < -0.4 is 4.74 Å². The maximum absolute atomic E-state index is 11.7. The summed E-state index contributed by atoms with van der Waals surface area (Å²) in [5.41, 5.74) is 4.49. The van der Waals surface area contributed by atoms with Crippen LogP contribution >= 0.6 is 0 Å². The van der Waals surface area contributed by atoms with Crippen molar-refractivity contribution in [2.24, 2.45) is 11.8 Å². The van der Waals surface area contributed by atoms with E-state index < -0.39 is 0 Å². The molecule has 5 aromatic carbocycles. The van der Waals surface area contributed by atoms with Crippen LogP contribution in [0.25, 0.3) is 54.3 Å². The molecule has 1 N–H and O–H groups in total. The van der Waals surface area contributed by atoms with Crippen LogP contribution in [0.1, 0.15) is 64.5 Å². The molecule has 6 aromatic rings. The number of nitrogens with zero attached hydrogens (tertiary/aromatic N) is 1. The van der Waals surface area contributed by atoms with Crippen LogP contribution in [0.5, 0.6) is 11.5 Å². The molecule has 5 heteroatoms. The summed E-state index contributed by atoms with van der Waals surface area (Å²) < 4.78 is 6.50. The first kappa shape index (κ1) is 34.3. The summed E-state index contributed by atoms with van der Waals surface area (Å²) in [5, 5.41) is 19.2. The molecule has 243 valence electrons. The molecule has 0 saturated heterocycles. The topological polar surface area (TPSA) is 59.4 Å². The number of ether oxygens (including phenoxy) is 1. The van der Waals surface area contributed by atoms with Crippen LogP contribution in [0.15, 0.2) is 84.8 Å². The largest absolute Gasteiger partial charge is 0.512 e. The second kappa shape index (κ2) is 14.4. The van der Waals surface area contributed by atoms with Crippen LogP contribution in [0.4, 0.5) is 0 Å². The van der Waals surface area contributed by atoms with Gasteiger partial charge in [0.05, 0.1) is 11.5 Å². The maximum Gasteiger partial charge on any atom is 0.162 e. The van der Waals surface area contributed by atoms with E-state index in [9.17, 15) is 9.90 Å². The van der Waals surface area contributed by atoms with E-state index in [0.29, 0.717) is 0 Å². The zero-order chi connectivity index (χ0) is 32.5. The summed E-state index contributed by atoms with van der Waals surface area (Å²) in [6, 6.07) is 27.2. The fourth-order valence-corrected chi connectivity index (χ4v) is 6.72. The predicted octanol–water partition coefficient (Wildman–Crippen LogP) is 11.8. The maximum atomic E-state index is 11.7. The Morgan fingerprint density at radius 2 is 1.49 bits per heavy atom. The van der Waals surface area contributed by atoms with Gasteiger partial charge in [-0.05, 0) is 89.7 Å². The van der Waals surface area contributed by atoms with Crippen LogP contribution in [-0.2, 0) is 24.9 Å². The second-order valence-electron chi connectivity index (χ2n) is 12.5. The van der Waals surface area contributed by atoms with Crippen molar-refractivity contribution >= 4 is 48.9 Å². The zero-order valence-electron chi connectivity index (χ0n) is 28.0. The smallest absolute Gasteiger partial charge is 0.162 e. The molecule has 0 bridgehead atoms. The van der Waals surface area contributed by atoms with Gasteiger partial charge in [0.2, 0.25) is 0 Å². The molecular weight excluding hydrogens is 759 g/mol. The number of carbonyl (C=O) groups is 1. The van der Waals surface area contributed by atoms with E-state index in [1.54, 1.807) is 0 Å². The van der Waals surface area contributed by atoms with E-state index in [4.69, 9.17) is 9.72 Å². The third kappa shape index (κ3) is 6.44. The van der Waals surface area contributed by atoms with Crippen LogP contribution in [0, 0.1) is 31.7 Å². The molecule has 1 aromatic heterocycles. The predicted molar refractivity (Wildman–Crippen MR) is 192 cm³/mol. The molecule has 0 saturated carbocycles. The minimum atomic E-state index is 0. The summed E-state index contributed by atoms with van der Waals surface area (Å²) in [4.78, 5) is 16.5. The van der Waals surface area contributed by atoms with Crippen LogP contribution in [0.2, 0.25) is 0 Å². The molecule has 0 fully saturated rings. The summed E-state index contributed by atoms with van der Waals surface area (Å²) in [6.07, 6.45) is 6.81. The van der Waals surface area contributed by atoms with Gasteiger partial charge in [0.1, 0.15) is 5.75 Å². The molecule has 0 spiro atoms. The summed E-state index contributed by atoms with van der Waals surface area (Å²) in [6.45, 7) is 12.4. The van der Waals surface area contributed by atoms with Gasteiger partial charge in [-0.3, -0.25) is 9.78 Å². The number of benzene rings is 5. The number of pyridine rings is 1. The van der Waals surface area contributed by atoms with Gasteiger partial charge in [0, 0.05) is 55.3 Å². The molecule has 7 rings (SSSR count). The number of carbonyl (C=O) groups excluding carboxylic acids is 1. The molecule has 47 heavy (non-hydrogen) atoms. The van der Waals surface area contributed by atoms with Gasteiger partial charge in [-0.2, -0.15) is 0 Å². The average molecular weight is 801 g/mol. The molecule has 0 atom stereocenters. The molecule has 1 radical (unpaired) electrons. The number of fused-ring (bicyclic) bond motifs is 7. The molecule has 2 heterocycles. The standard InChI is InChI=1S/C29H18NO.C13H24O2.Ir/c1-16-11-20-7-8-21-22-9-10-30-29-25-13-18-5-3-4-6-19(18)14-26(25)31-27(28(22)29)15-24(21)23(20)12-17(16)2;1-5-10(6-2)12(14)9-13(15)11(7-3)8-4;/h3-12,14-15H,1-2H3;9-11,14H,5-8H2,1-4H3;/q-1;;/b;12-9-;. The van der Waals surface area contributed by atoms with Crippen molar-refractivity contribution in [3.63, 3.8) is 0 Å². The Bertz CT molecular complexity index is 2140. The Morgan fingerprint density at radius 3 is 2.21 bits per heavy atom. The number of aryl methyl sites for hydroxylation is 2. The second-order valence-corrected chi connectivity index (χ2v) is 12.5. The van der Waals surface area contributed by atoms with Gasteiger partial charge in [-0.25, -0.2) is 0 Å². The number of allylic oxidation sites excluding steroid dienone is 2. The first-order valence-corrected chi connectivity index (χ1v) is 16.6. The van der Waals surface area contributed by atoms with Crippen molar-refractivity contribution < 1.29 is 34.7 Å². The van der Waals surface area contributed by atoms with Crippen LogP contribution in [0.3, 0.4) is 0 Å². The van der Waals surface area contributed by atoms with E-state index in [0.717, 1.165) is 64.6 Å². The Kier molecular flexibility index (Phi) is 10.5. The molecule has 0 unspecified atom stereocenters. The first-order valence-electron chi connectivity index (χ1n) is 16.6. The van der Waals surface area contributed by atoms with E-state index in [2.05, 4.69) is 74.5 Å². The average Bonchev–Trinajstić information content (AvgIpc) is 3.06. The minimum Gasteiger partial charge on any atom is -0.512 e. The SMILES string of the molecule is CCC(CC)C(=O)/C=C(\O)C(CC)CC.Cc1cc2ccc3c4ccnc5c4c(cc3c2cc1C)Oc1cc2ccccc2[c-]c1-5.[Ir]. The van der Waals surface area contributed by atoms with E-state index >= 15 is 0 Å². The Hall–Kier alpha value is -4.05. The van der Waals surface area contributed by atoms with Gasteiger partial charge >= 0.3 is 0 Å². The molecule has 4 nitrogen and oxygen atoms in total. The number of hydrogen-bond acceptors (Lipinski definition) is 4. The van der Waals surface area contributed by atoms with Crippen molar-refractivity contribution in [2.75, 3.05) is 0 Å².